The van der Waals surface area contributed by atoms with Crippen LogP contribution < -0.4 is 11.0 Å². The summed E-state index contributed by atoms with van der Waals surface area (Å²) < 4.78 is 1.70. The second-order valence-electron chi connectivity index (χ2n) is 5.73. The van der Waals surface area contributed by atoms with Gasteiger partial charge in [-0.3, -0.25) is 10.2 Å². The molecular formula is C14H24N4O. The summed E-state index contributed by atoms with van der Waals surface area (Å²) in [6.07, 6.45) is 6.98. The van der Waals surface area contributed by atoms with E-state index in [4.69, 9.17) is 0 Å². The number of aromatic nitrogens is 2. The molecule has 5 heteroatoms. The topological polar surface area (TPSA) is 50.2 Å². The van der Waals surface area contributed by atoms with Crippen LogP contribution in [0, 0.1) is 0 Å². The van der Waals surface area contributed by atoms with E-state index in [9.17, 15) is 4.79 Å². The molecule has 0 radical (unpaired) electrons. The van der Waals surface area contributed by atoms with Gasteiger partial charge in [0.15, 0.2) is 0 Å². The Morgan fingerprint density at radius 3 is 2.53 bits per heavy atom. The molecule has 0 amide bonds. The minimum atomic E-state index is -0.0533. The molecule has 0 saturated carbocycles. The number of nitrogens with zero attached hydrogens (tertiary/aromatic N) is 3. The Bertz CT molecular complexity index is 473. The summed E-state index contributed by atoms with van der Waals surface area (Å²) in [6.45, 7) is 8.37. The first-order valence-electron chi connectivity index (χ1n) is 7.13. The van der Waals surface area contributed by atoms with E-state index in [0.717, 1.165) is 12.8 Å². The molecule has 0 bridgehead atoms. The van der Waals surface area contributed by atoms with Crippen LogP contribution in [-0.2, 0) is 0 Å². The summed E-state index contributed by atoms with van der Waals surface area (Å²) >= 11 is 0. The van der Waals surface area contributed by atoms with Crippen LogP contribution in [0.4, 0.5) is 5.82 Å². The summed E-state index contributed by atoms with van der Waals surface area (Å²) in [7, 11) is 0. The van der Waals surface area contributed by atoms with E-state index in [1.54, 1.807) is 17.0 Å². The zero-order chi connectivity index (χ0) is 14.0. The monoisotopic (exact) mass is 264 g/mol. The maximum atomic E-state index is 12.3. The fraction of sp³-hybridized carbons (Fsp3) is 0.714. The molecule has 0 aromatic carbocycles. The Hall–Kier alpha value is -1.36. The van der Waals surface area contributed by atoms with Crippen LogP contribution >= 0.6 is 0 Å². The first kappa shape index (κ1) is 14.1. The smallest absolute Gasteiger partial charge is 0.294 e. The predicted molar refractivity (Wildman–Crippen MR) is 77.1 cm³/mol. The van der Waals surface area contributed by atoms with Crippen LogP contribution in [0.2, 0.25) is 0 Å². The number of piperidine rings is 1. The third-order valence-electron chi connectivity index (χ3n) is 3.85. The second-order valence-corrected chi connectivity index (χ2v) is 5.73. The molecule has 1 fully saturated rings. The summed E-state index contributed by atoms with van der Waals surface area (Å²) in [5, 5.41) is 2.16. The molecule has 1 saturated heterocycles. The molecular weight excluding hydrogens is 240 g/mol. The van der Waals surface area contributed by atoms with Crippen molar-refractivity contribution in [2.24, 2.45) is 0 Å². The molecule has 2 unspecified atom stereocenters. The van der Waals surface area contributed by atoms with Gasteiger partial charge in [-0.15, -0.1) is 0 Å². The fourth-order valence-corrected chi connectivity index (χ4v) is 2.67. The van der Waals surface area contributed by atoms with Crippen molar-refractivity contribution in [3.63, 3.8) is 0 Å². The predicted octanol–water partition coefficient (Wildman–Crippen LogP) is 2.41. The zero-order valence-electron chi connectivity index (χ0n) is 12.3. The van der Waals surface area contributed by atoms with Gasteiger partial charge in [-0.1, -0.05) is 6.42 Å². The molecule has 5 nitrogen and oxygen atoms in total. The molecule has 106 valence electrons. The highest BCUT2D eigenvalue weighted by atomic mass is 16.1. The maximum absolute atomic E-state index is 12.3. The van der Waals surface area contributed by atoms with E-state index in [2.05, 4.69) is 29.3 Å². The molecule has 1 aromatic rings. The minimum absolute atomic E-state index is 0.0533. The average molecular weight is 264 g/mol. The van der Waals surface area contributed by atoms with Gasteiger partial charge in [-0.05, 0) is 40.5 Å². The third kappa shape index (κ3) is 2.97. The van der Waals surface area contributed by atoms with Gasteiger partial charge in [0.25, 0.3) is 5.56 Å². The molecule has 1 aliphatic heterocycles. The lowest BCUT2D eigenvalue weighted by Crippen LogP contribution is -2.48. The fourth-order valence-electron chi connectivity index (χ4n) is 2.67. The highest BCUT2D eigenvalue weighted by molar-refractivity contribution is 5.30. The van der Waals surface area contributed by atoms with E-state index >= 15 is 0 Å². The van der Waals surface area contributed by atoms with Gasteiger partial charge in [0.05, 0.1) is 0 Å². The highest BCUT2D eigenvalue weighted by Crippen LogP contribution is 2.22. The summed E-state index contributed by atoms with van der Waals surface area (Å²) in [5.41, 5.74) is 3.18. The van der Waals surface area contributed by atoms with Crippen molar-refractivity contribution in [2.45, 2.75) is 65.1 Å². The van der Waals surface area contributed by atoms with Gasteiger partial charge in [0, 0.05) is 30.5 Å². The molecule has 19 heavy (non-hydrogen) atoms. The van der Waals surface area contributed by atoms with Crippen LogP contribution in [0.3, 0.4) is 0 Å². The van der Waals surface area contributed by atoms with Gasteiger partial charge in [-0.2, -0.15) is 0 Å². The van der Waals surface area contributed by atoms with Gasteiger partial charge >= 0.3 is 0 Å². The summed E-state index contributed by atoms with van der Waals surface area (Å²) in [4.78, 5) is 16.5. The number of hydrogen-bond acceptors (Lipinski definition) is 4. The van der Waals surface area contributed by atoms with E-state index in [0.29, 0.717) is 17.9 Å². The molecule has 2 heterocycles. The van der Waals surface area contributed by atoms with Crippen molar-refractivity contribution in [1.82, 2.24) is 14.6 Å². The Morgan fingerprint density at radius 1 is 1.32 bits per heavy atom. The van der Waals surface area contributed by atoms with Crippen molar-refractivity contribution in [2.75, 3.05) is 5.43 Å². The molecule has 0 aliphatic carbocycles. The van der Waals surface area contributed by atoms with Crippen molar-refractivity contribution in [3.05, 3.63) is 22.7 Å². The van der Waals surface area contributed by atoms with Crippen molar-refractivity contribution < 1.29 is 0 Å². The van der Waals surface area contributed by atoms with Gasteiger partial charge in [-0.25, -0.2) is 9.99 Å². The number of hydrazine groups is 1. The van der Waals surface area contributed by atoms with Gasteiger partial charge < -0.3 is 4.57 Å². The minimum Gasteiger partial charge on any atom is -0.308 e. The van der Waals surface area contributed by atoms with Gasteiger partial charge in [0.2, 0.25) is 5.82 Å². The Morgan fingerprint density at radius 2 is 1.95 bits per heavy atom. The molecule has 2 atom stereocenters. The first-order chi connectivity index (χ1) is 9.00. The van der Waals surface area contributed by atoms with Crippen molar-refractivity contribution >= 4 is 5.82 Å². The number of hydrogen-bond donors (Lipinski definition) is 1. The summed E-state index contributed by atoms with van der Waals surface area (Å²) in [6, 6.07) is 1.00. The average Bonchev–Trinajstić information content (AvgIpc) is 2.35. The molecule has 1 aromatic heterocycles. The van der Waals surface area contributed by atoms with Crippen LogP contribution in [0.5, 0.6) is 0 Å². The normalized spacial score (nSPS) is 24.7. The van der Waals surface area contributed by atoms with Gasteiger partial charge in [0.1, 0.15) is 0 Å². The SMILES string of the molecule is CC1CCCC(C)N1Nc1nccn(C(C)C)c1=O. The third-order valence-corrected chi connectivity index (χ3v) is 3.85. The standard InChI is InChI=1S/C14H24N4O/c1-10(2)17-9-8-15-13(14(17)19)16-18-11(3)6-5-7-12(18)4/h8-12H,5-7H2,1-4H3,(H,15,16). The summed E-state index contributed by atoms with van der Waals surface area (Å²) in [5.74, 6) is 0.428. The highest BCUT2D eigenvalue weighted by Gasteiger charge is 2.25. The quantitative estimate of drug-likeness (QED) is 0.911. The van der Waals surface area contributed by atoms with Crippen LogP contribution in [0.25, 0.3) is 0 Å². The molecule has 1 aliphatic rings. The lowest BCUT2D eigenvalue weighted by Gasteiger charge is -2.38. The molecule has 0 spiro atoms. The van der Waals surface area contributed by atoms with E-state index < -0.39 is 0 Å². The van der Waals surface area contributed by atoms with Crippen molar-refractivity contribution in [3.8, 4) is 0 Å². The number of anilines is 1. The van der Waals surface area contributed by atoms with E-state index in [1.807, 2.05) is 13.8 Å². The van der Waals surface area contributed by atoms with Crippen LogP contribution in [0.15, 0.2) is 17.2 Å². The number of nitrogens with one attached hydrogen (secondary N) is 1. The zero-order valence-corrected chi connectivity index (χ0v) is 12.3. The van der Waals surface area contributed by atoms with Crippen molar-refractivity contribution in [1.29, 1.82) is 0 Å². The largest absolute Gasteiger partial charge is 0.308 e. The molecule has 2 rings (SSSR count). The van der Waals surface area contributed by atoms with E-state index in [1.165, 1.54) is 6.42 Å². The Kier molecular flexibility index (Phi) is 4.24. The van der Waals surface area contributed by atoms with Crippen LogP contribution in [-0.4, -0.2) is 26.6 Å². The lowest BCUT2D eigenvalue weighted by atomic mass is 10.00. The Labute approximate surface area is 114 Å². The Balaban J connectivity index is 2.23. The second kappa shape index (κ2) is 5.74. The number of rotatable bonds is 3. The maximum Gasteiger partial charge on any atom is 0.294 e. The first-order valence-corrected chi connectivity index (χ1v) is 7.13. The van der Waals surface area contributed by atoms with Crippen LogP contribution in [0.1, 0.15) is 53.0 Å². The van der Waals surface area contributed by atoms with E-state index in [-0.39, 0.29) is 11.6 Å². The molecule has 1 N–H and O–H groups in total. The lowest BCUT2D eigenvalue weighted by molar-refractivity contribution is 0.134.